The lowest BCUT2D eigenvalue weighted by Gasteiger charge is -2.30. The van der Waals surface area contributed by atoms with Crippen molar-refractivity contribution < 1.29 is 9.59 Å². The fourth-order valence-corrected chi connectivity index (χ4v) is 4.54. The van der Waals surface area contributed by atoms with Gasteiger partial charge in [0.1, 0.15) is 5.70 Å². The smallest absolute Gasteiger partial charge is 0.282 e. The van der Waals surface area contributed by atoms with Gasteiger partial charge >= 0.3 is 0 Å². The number of carbonyl (C=O) groups is 2. The van der Waals surface area contributed by atoms with Crippen LogP contribution in [0.3, 0.4) is 0 Å². The number of piperidine rings is 1. The lowest BCUT2D eigenvalue weighted by atomic mass is 9.96. The van der Waals surface area contributed by atoms with Crippen molar-refractivity contribution >= 4 is 23.1 Å². The van der Waals surface area contributed by atoms with Crippen molar-refractivity contribution in [3.05, 3.63) is 69.9 Å². The SMILES string of the molecule is Cc1ccc(C2=C(N3CCCCC3)C(=O)N(c3ccc(C)cc3C)C2=O)c(C)c1. The Hall–Kier alpha value is -2.88. The second-order valence-electron chi connectivity index (χ2n) is 8.33. The third-order valence-electron chi connectivity index (χ3n) is 5.98. The highest BCUT2D eigenvalue weighted by molar-refractivity contribution is 6.45. The first-order chi connectivity index (χ1) is 13.9. The first-order valence-electron chi connectivity index (χ1n) is 10.4. The molecule has 0 spiro atoms. The molecule has 0 radical (unpaired) electrons. The van der Waals surface area contributed by atoms with E-state index in [0.29, 0.717) is 17.0 Å². The van der Waals surface area contributed by atoms with Gasteiger partial charge < -0.3 is 4.90 Å². The Morgan fingerprint density at radius 3 is 1.97 bits per heavy atom. The number of aryl methyl sites for hydroxylation is 4. The maximum absolute atomic E-state index is 13.7. The summed E-state index contributed by atoms with van der Waals surface area (Å²) in [6.45, 7) is 9.68. The van der Waals surface area contributed by atoms with E-state index in [9.17, 15) is 9.59 Å². The highest BCUT2D eigenvalue weighted by Crippen LogP contribution is 2.38. The minimum absolute atomic E-state index is 0.196. The molecule has 2 aromatic rings. The molecule has 0 aliphatic carbocycles. The highest BCUT2D eigenvalue weighted by Gasteiger charge is 2.43. The molecule has 2 heterocycles. The van der Waals surface area contributed by atoms with E-state index >= 15 is 0 Å². The van der Waals surface area contributed by atoms with Crippen molar-refractivity contribution in [1.29, 1.82) is 0 Å². The standard InChI is InChI=1S/C25H28N2O2/c1-16-8-10-20(18(3)14-16)22-23(26-12-6-5-7-13-26)25(29)27(24(22)28)21-11-9-17(2)15-19(21)4/h8-11,14-15H,5-7,12-13H2,1-4H3. The van der Waals surface area contributed by atoms with Gasteiger partial charge in [-0.15, -0.1) is 0 Å². The number of imide groups is 1. The van der Waals surface area contributed by atoms with E-state index in [2.05, 4.69) is 11.0 Å². The molecule has 4 nitrogen and oxygen atoms in total. The zero-order valence-corrected chi connectivity index (χ0v) is 17.7. The highest BCUT2D eigenvalue weighted by atomic mass is 16.2. The average Bonchev–Trinajstić information content (AvgIpc) is 2.93. The fourth-order valence-electron chi connectivity index (χ4n) is 4.54. The first-order valence-corrected chi connectivity index (χ1v) is 10.4. The Labute approximate surface area is 172 Å². The molecule has 2 aromatic carbocycles. The number of amides is 2. The van der Waals surface area contributed by atoms with E-state index in [-0.39, 0.29) is 11.8 Å². The summed E-state index contributed by atoms with van der Waals surface area (Å²) in [5.41, 5.74) is 6.89. The van der Waals surface area contributed by atoms with Crippen molar-refractivity contribution in [3.8, 4) is 0 Å². The number of anilines is 1. The van der Waals surface area contributed by atoms with Gasteiger partial charge in [-0.05, 0) is 69.7 Å². The molecule has 0 bridgehead atoms. The number of hydrogen-bond acceptors (Lipinski definition) is 3. The van der Waals surface area contributed by atoms with Gasteiger partial charge in [0.05, 0.1) is 11.3 Å². The van der Waals surface area contributed by atoms with E-state index < -0.39 is 0 Å². The van der Waals surface area contributed by atoms with Gasteiger partial charge in [0.25, 0.3) is 11.8 Å². The lowest BCUT2D eigenvalue weighted by molar-refractivity contribution is -0.120. The van der Waals surface area contributed by atoms with Crippen LogP contribution < -0.4 is 4.90 Å². The Balaban J connectivity index is 1.88. The predicted octanol–water partition coefficient (Wildman–Crippen LogP) is 4.69. The lowest BCUT2D eigenvalue weighted by Crippen LogP contribution is -2.37. The van der Waals surface area contributed by atoms with Crippen molar-refractivity contribution in [3.63, 3.8) is 0 Å². The van der Waals surface area contributed by atoms with Crippen LogP contribution in [0.1, 0.15) is 47.1 Å². The predicted molar refractivity (Wildman–Crippen MR) is 117 cm³/mol. The monoisotopic (exact) mass is 388 g/mol. The molecule has 0 unspecified atom stereocenters. The Morgan fingerprint density at radius 1 is 0.724 bits per heavy atom. The molecule has 4 rings (SSSR count). The molecule has 1 saturated heterocycles. The number of benzene rings is 2. The summed E-state index contributed by atoms with van der Waals surface area (Å²) in [6, 6.07) is 11.9. The third kappa shape index (κ3) is 3.37. The van der Waals surface area contributed by atoms with Crippen molar-refractivity contribution in [2.24, 2.45) is 0 Å². The summed E-state index contributed by atoms with van der Waals surface area (Å²) in [4.78, 5) is 30.8. The van der Waals surface area contributed by atoms with Gasteiger partial charge in [-0.3, -0.25) is 9.59 Å². The molecule has 2 aliphatic heterocycles. The van der Waals surface area contributed by atoms with E-state index in [1.54, 1.807) is 0 Å². The van der Waals surface area contributed by atoms with Crippen LogP contribution in [0.2, 0.25) is 0 Å². The first kappa shape index (κ1) is 19.4. The fraction of sp³-hybridized carbons (Fsp3) is 0.360. The molecule has 2 aliphatic rings. The molecule has 0 N–H and O–H groups in total. The summed E-state index contributed by atoms with van der Waals surface area (Å²) < 4.78 is 0. The summed E-state index contributed by atoms with van der Waals surface area (Å²) in [5, 5.41) is 0. The quantitative estimate of drug-likeness (QED) is 0.716. The average molecular weight is 389 g/mol. The van der Waals surface area contributed by atoms with E-state index in [0.717, 1.165) is 53.7 Å². The minimum Gasteiger partial charge on any atom is -0.366 e. The normalized spacial score (nSPS) is 17.5. The van der Waals surface area contributed by atoms with E-state index in [1.807, 2.05) is 58.0 Å². The minimum atomic E-state index is -0.213. The van der Waals surface area contributed by atoms with E-state index in [4.69, 9.17) is 0 Å². The van der Waals surface area contributed by atoms with Gasteiger partial charge in [0.15, 0.2) is 0 Å². The molecular formula is C25H28N2O2. The van der Waals surface area contributed by atoms with Crippen LogP contribution in [-0.4, -0.2) is 29.8 Å². The van der Waals surface area contributed by atoms with Gasteiger partial charge in [0, 0.05) is 13.1 Å². The van der Waals surface area contributed by atoms with Crippen LogP contribution in [0, 0.1) is 27.7 Å². The zero-order valence-electron chi connectivity index (χ0n) is 17.7. The van der Waals surface area contributed by atoms with Crippen molar-refractivity contribution in [2.75, 3.05) is 18.0 Å². The summed E-state index contributed by atoms with van der Waals surface area (Å²) in [5.74, 6) is -0.409. The second kappa shape index (κ2) is 7.51. The molecule has 0 aromatic heterocycles. The maximum Gasteiger partial charge on any atom is 0.282 e. The number of likely N-dealkylation sites (tertiary alicyclic amines) is 1. The molecule has 29 heavy (non-hydrogen) atoms. The summed E-state index contributed by atoms with van der Waals surface area (Å²) in [7, 11) is 0. The van der Waals surface area contributed by atoms with Crippen LogP contribution in [0.15, 0.2) is 42.1 Å². The zero-order chi connectivity index (χ0) is 20.7. The molecular weight excluding hydrogens is 360 g/mol. The van der Waals surface area contributed by atoms with Crippen LogP contribution in [0.5, 0.6) is 0 Å². The summed E-state index contributed by atoms with van der Waals surface area (Å²) >= 11 is 0. The Morgan fingerprint density at radius 2 is 1.34 bits per heavy atom. The Bertz CT molecular complexity index is 1030. The van der Waals surface area contributed by atoms with Crippen LogP contribution in [-0.2, 0) is 9.59 Å². The molecule has 1 fully saturated rings. The van der Waals surface area contributed by atoms with Gasteiger partial charge in [-0.25, -0.2) is 4.90 Å². The number of carbonyl (C=O) groups excluding carboxylic acids is 2. The summed E-state index contributed by atoms with van der Waals surface area (Å²) in [6.07, 6.45) is 3.27. The molecule has 150 valence electrons. The van der Waals surface area contributed by atoms with Crippen LogP contribution in [0.4, 0.5) is 5.69 Å². The van der Waals surface area contributed by atoms with Crippen LogP contribution >= 0.6 is 0 Å². The topological polar surface area (TPSA) is 40.6 Å². The van der Waals surface area contributed by atoms with Gasteiger partial charge in [-0.1, -0.05) is 41.5 Å². The molecule has 0 atom stereocenters. The number of nitrogens with zero attached hydrogens (tertiary/aromatic N) is 2. The third-order valence-corrected chi connectivity index (χ3v) is 5.98. The van der Waals surface area contributed by atoms with Crippen molar-refractivity contribution in [1.82, 2.24) is 4.90 Å². The molecule has 4 heteroatoms. The van der Waals surface area contributed by atoms with Crippen molar-refractivity contribution in [2.45, 2.75) is 47.0 Å². The van der Waals surface area contributed by atoms with E-state index in [1.165, 1.54) is 11.3 Å². The molecule has 0 saturated carbocycles. The Kier molecular flexibility index (Phi) is 5.03. The second-order valence-corrected chi connectivity index (χ2v) is 8.33. The molecule has 2 amide bonds. The van der Waals surface area contributed by atoms with Crippen LogP contribution in [0.25, 0.3) is 5.57 Å². The largest absolute Gasteiger partial charge is 0.366 e. The van der Waals surface area contributed by atoms with Gasteiger partial charge in [0.2, 0.25) is 0 Å². The number of hydrogen-bond donors (Lipinski definition) is 0. The number of rotatable bonds is 3. The van der Waals surface area contributed by atoms with Gasteiger partial charge in [-0.2, -0.15) is 0 Å². The maximum atomic E-state index is 13.7.